The van der Waals surface area contributed by atoms with Gasteiger partial charge in [0, 0.05) is 11.8 Å². The molecule has 0 unspecified atom stereocenters. The summed E-state index contributed by atoms with van der Waals surface area (Å²) in [7, 11) is 0. The molecule has 0 atom stereocenters. The van der Waals surface area contributed by atoms with E-state index in [1.165, 1.54) is 6.20 Å². The number of hydrogen-bond acceptors (Lipinski definition) is 2. The van der Waals surface area contributed by atoms with Gasteiger partial charge in [0.1, 0.15) is 0 Å². The van der Waals surface area contributed by atoms with Gasteiger partial charge in [0.05, 0.1) is 0 Å². The third-order valence-corrected chi connectivity index (χ3v) is 0.411. The standard InChI is InChI=1S/C4H6NO/c1-4(2-5)3-6/h2H,5H2,1H3. The zero-order valence-electron chi connectivity index (χ0n) is 3.56. The van der Waals surface area contributed by atoms with Gasteiger partial charge in [0.25, 0.3) is 0 Å². The lowest BCUT2D eigenvalue weighted by Crippen LogP contribution is -1.82. The molecule has 0 spiro atoms. The average molecular weight is 84.1 g/mol. The summed E-state index contributed by atoms with van der Waals surface area (Å²) in [5.74, 6) is 0. The highest BCUT2D eigenvalue weighted by Crippen LogP contribution is 1.75. The Labute approximate surface area is 36.6 Å². The van der Waals surface area contributed by atoms with Crippen molar-refractivity contribution in [1.29, 1.82) is 0 Å². The molecule has 0 bridgehead atoms. The number of nitrogens with two attached hydrogens (primary N) is 1. The Morgan fingerprint density at radius 2 is 2.50 bits per heavy atom. The molecule has 1 radical (unpaired) electrons. The zero-order chi connectivity index (χ0) is 4.99. The van der Waals surface area contributed by atoms with Crippen LogP contribution in [0.1, 0.15) is 6.92 Å². The molecule has 33 valence electrons. The Hall–Kier alpha value is -0.790. The van der Waals surface area contributed by atoms with Crippen LogP contribution in [-0.2, 0) is 4.79 Å². The molecule has 0 aliphatic heterocycles. The van der Waals surface area contributed by atoms with Crippen molar-refractivity contribution in [2.45, 2.75) is 6.92 Å². The molecule has 0 aromatic heterocycles. The molecule has 0 amide bonds. The monoisotopic (exact) mass is 84.0 g/mol. The fourth-order valence-corrected chi connectivity index (χ4v) is 0.0340. The van der Waals surface area contributed by atoms with Gasteiger partial charge in [-0.15, -0.1) is 0 Å². The first-order valence-electron chi connectivity index (χ1n) is 1.58. The van der Waals surface area contributed by atoms with Crippen molar-refractivity contribution in [2.75, 3.05) is 0 Å². The first kappa shape index (κ1) is 5.21. The van der Waals surface area contributed by atoms with Crippen LogP contribution in [0.5, 0.6) is 0 Å². The fraction of sp³-hybridized carbons (Fsp3) is 0.250. The Morgan fingerprint density at radius 1 is 2.00 bits per heavy atom. The average Bonchev–Trinajstić information content (AvgIpc) is 1.65. The summed E-state index contributed by atoms with van der Waals surface area (Å²) >= 11 is 0. The normalized spacial score (nSPS) is 11.2. The summed E-state index contributed by atoms with van der Waals surface area (Å²) in [6, 6.07) is 0. The lowest BCUT2D eigenvalue weighted by Gasteiger charge is -1.72. The van der Waals surface area contributed by atoms with E-state index in [4.69, 9.17) is 5.73 Å². The molecule has 0 aromatic rings. The lowest BCUT2D eigenvalue weighted by atomic mass is 10.4. The van der Waals surface area contributed by atoms with E-state index in [2.05, 4.69) is 0 Å². The van der Waals surface area contributed by atoms with E-state index in [-0.39, 0.29) is 0 Å². The van der Waals surface area contributed by atoms with E-state index < -0.39 is 0 Å². The van der Waals surface area contributed by atoms with Gasteiger partial charge in [0.2, 0.25) is 6.29 Å². The lowest BCUT2D eigenvalue weighted by molar-refractivity contribution is 0.561. The summed E-state index contributed by atoms with van der Waals surface area (Å²) in [6.45, 7) is 1.59. The van der Waals surface area contributed by atoms with Crippen LogP contribution in [0.15, 0.2) is 11.8 Å². The summed E-state index contributed by atoms with van der Waals surface area (Å²) < 4.78 is 0. The highest BCUT2D eigenvalue weighted by Gasteiger charge is 1.75. The summed E-state index contributed by atoms with van der Waals surface area (Å²) in [5, 5.41) is 0. The Morgan fingerprint density at radius 3 is 2.50 bits per heavy atom. The largest absolute Gasteiger partial charge is 0.404 e. The van der Waals surface area contributed by atoms with Gasteiger partial charge in [-0.3, -0.25) is 4.79 Å². The van der Waals surface area contributed by atoms with Gasteiger partial charge in [-0.1, -0.05) is 0 Å². The number of carbonyl (C=O) groups excluding carboxylic acids is 1. The minimum atomic E-state index is 0.440. The zero-order valence-corrected chi connectivity index (χ0v) is 3.56. The van der Waals surface area contributed by atoms with Crippen molar-refractivity contribution < 1.29 is 4.79 Å². The molecule has 0 saturated carbocycles. The molecule has 6 heavy (non-hydrogen) atoms. The molecule has 0 heterocycles. The molecule has 2 nitrogen and oxygen atoms in total. The number of rotatable bonds is 1. The second kappa shape index (κ2) is 2.45. The van der Waals surface area contributed by atoms with E-state index in [0.29, 0.717) is 5.57 Å². The van der Waals surface area contributed by atoms with Crippen molar-refractivity contribution in [2.24, 2.45) is 5.73 Å². The third kappa shape index (κ3) is 1.52. The summed E-state index contributed by atoms with van der Waals surface area (Å²) in [5.41, 5.74) is 5.30. The maximum atomic E-state index is 9.46. The van der Waals surface area contributed by atoms with Crippen molar-refractivity contribution in [3.05, 3.63) is 11.8 Å². The van der Waals surface area contributed by atoms with Gasteiger partial charge in [-0.25, -0.2) is 0 Å². The van der Waals surface area contributed by atoms with E-state index in [0.717, 1.165) is 0 Å². The molecular formula is C4H6NO. The van der Waals surface area contributed by atoms with Crippen molar-refractivity contribution >= 4 is 6.29 Å². The molecular weight excluding hydrogens is 78.1 g/mol. The van der Waals surface area contributed by atoms with Gasteiger partial charge in [0.15, 0.2) is 0 Å². The molecule has 0 rings (SSSR count). The topological polar surface area (TPSA) is 43.1 Å². The number of hydrogen-bond donors (Lipinski definition) is 1. The SMILES string of the molecule is CC([C]=O)=CN. The van der Waals surface area contributed by atoms with E-state index >= 15 is 0 Å². The van der Waals surface area contributed by atoms with Crippen LogP contribution in [0.4, 0.5) is 0 Å². The van der Waals surface area contributed by atoms with Crippen LogP contribution in [0.2, 0.25) is 0 Å². The van der Waals surface area contributed by atoms with Crippen molar-refractivity contribution in [1.82, 2.24) is 0 Å². The number of allylic oxidation sites excluding steroid dienone is 1. The van der Waals surface area contributed by atoms with Gasteiger partial charge in [-0.05, 0) is 6.92 Å². The van der Waals surface area contributed by atoms with Crippen LogP contribution >= 0.6 is 0 Å². The first-order chi connectivity index (χ1) is 2.81. The van der Waals surface area contributed by atoms with Gasteiger partial charge >= 0.3 is 0 Å². The molecule has 2 N–H and O–H groups in total. The highest BCUT2D eigenvalue weighted by molar-refractivity contribution is 5.72. The van der Waals surface area contributed by atoms with E-state index in [9.17, 15) is 4.79 Å². The molecule has 0 aliphatic rings. The maximum Gasteiger partial charge on any atom is 0.230 e. The van der Waals surface area contributed by atoms with Crippen LogP contribution in [0.3, 0.4) is 0 Å². The smallest absolute Gasteiger partial charge is 0.230 e. The van der Waals surface area contributed by atoms with Crippen LogP contribution in [0, 0.1) is 0 Å². The highest BCUT2D eigenvalue weighted by atomic mass is 16.1. The van der Waals surface area contributed by atoms with Gasteiger partial charge < -0.3 is 5.73 Å². The quantitative estimate of drug-likeness (QED) is 0.453. The second-order valence-corrected chi connectivity index (χ2v) is 0.952. The molecule has 0 aliphatic carbocycles. The van der Waals surface area contributed by atoms with E-state index in [1.54, 1.807) is 13.2 Å². The fourth-order valence-electron chi connectivity index (χ4n) is 0.0340. The summed E-state index contributed by atoms with van der Waals surface area (Å²) in [4.78, 5) is 9.46. The predicted octanol–water partition coefficient (Wildman–Crippen LogP) is -0.0414. The predicted molar refractivity (Wildman–Crippen MR) is 23.6 cm³/mol. The maximum absolute atomic E-state index is 9.46. The van der Waals surface area contributed by atoms with E-state index in [1.807, 2.05) is 0 Å². The van der Waals surface area contributed by atoms with Crippen molar-refractivity contribution in [3.8, 4) is 0 Å². The Bertz CT molecular complexity index is 75.6. The van der Waals surface area contributed by atoms with Crippen molar-refractivity contribution in [3.63, 3.8) is 0 Å². The minimum Gasteiger partial charge on any atom is -0.404 e. The second-order valence-electron chi connectivity index (χ2n) is 0.952. The molecule has 0 aromatic carbocycles. The Kier molecular flexibility index (Phi) is 2.13. The summed E-state index contributed by atoms with van der Waals surface area (Å²) in [6.07, 6.45) is 2.82. The third-order valence-electron chi connectivity index (χ3n) is 0.411. The molecule has 2 heteroatoms. The molecule has 0 saturated heterocycles. The Balaban J connectivity index is 3.50. The van der Waals surface area contributed by atoms with Crippen LogP contribution in [0.25, 0.3) is 0 Å². The van der Waals surface area contributed by atoms with Gasteiger partial charge in [-0.2, -0.15) is 0 Å². The van der Waals surface area contributed by atoms with Crippen LogP contribution < -0.4 is 5.73 Å². The van der Waals surface area contributed by atoms with Crippen LogP contribution in [-0.4, -0.2) is 6.29 Å². The minimum absolute atomic E-state index is 0.440. The molecule has 0 fully saturated rings. The first-order valence-corrected chi connectivity index (χ1v) is 1.58.